The molecule has 2 saturated heterocycles. The summed E-state index contributed by atoms with van der Waals surface area (Å²) in [4.78, 5) is 24.3. The summed E-state index contributed by atoms with van der Waals surface area (Å²) in [5.41, 5.74) is 1.31. The van der Waals surface area contributed by atoms with Crippen LogP contribution in [0.15, 0.2) is 45.7 Å². The highest BCUT2D eigenvalue weighted by Crippen LogP contribution is 2.38. The molecule has 5 rings (SSSR count). The molecule has 3 aromatic rings. The number of carbonyl (C=O) groups is 1. The van der Waals surface area contributed by atoms with Gasteiger partial charge in [0.25, 0.3) is 0 Å². The van der Waals surface area contributed by atoms with Crippen LogP contribution in [0.4, 0.5) is 9.18 Å². The van der Waals surface area contributed by atoms with E-state index in [0.29, 0.717) is 35.4 Å². The van der Waals surface area contributed by atoms with Gasteiger partial charge in [0.2, 0.25) is 5.88 Å². The van der Waals surface area contributed by atoms with E-state index in [-0.39, 0.29) is 24.1 Å². The third kappa shape index (κ3) is 3.87. The van der Waals surface area contributed by atoms with Gasteiger partial charge in [-0.2, -0.15) is 0 Å². The number of carboxylic acid groups (broad SMARTS) is 1. The number of ether oxygens (including phenoxy) is 1. The summed E-state index contributed by atoms with van der Waals surface area (Å²) in [6, 6.07) is 6.92. The van der Waals surface area contributed by atoms with E-state index in [9.17, 15) is 19.8 Å². The average molecular weight is 470 g/mol. The Morgan fingerprint density at radius 3 is 2.71 bits per heavy atom. The number of aromatic nitrogens is 3. The van der Waals surface area contributed by atoms with Crippen LogP contribution >= 0.6 is 0 Å². The fraction of sp³-hybridized carbons (Fsp3) is 0.391. The van der Waals surface area contributed by atoms with Crippen LogP contribution in [-0.2, 0) is 7.05 Å². The highest BCUT2D eigenvalue weighted by Gasteiger charge is 2.48. The molecule has 1 aromatic carbocycles. The minimum absolute atomic E-state index is 0.0790. The van der Waals surface area contributed by atoms with Crippen molar-refractivity contribution in [3.63, 3.8) is 0 Å². The van der Waals surface area contributed by atoms with Gasteiger partial charge in [-0.3, -0.25) is 9.47 Å². The van der Waals surface area contributed by atoms with Crippen LogP contribution in [0.3, 0.4) is 0 Å². The number of fused-ring (bicyclic) bond motifs is 2. The summed E-state index contributed by atoms with van der Waals surface area (Å²) in [6.45, 7) is 0. The topological polar surface area (TPSA) is 131 Å². The number of hydrogen-bond donors (Lipinski definition) is 2. The lowest BCUT2D eigenvalue weighted by atomic mass is 9.82. The summed E-state index contributed by atoms with van der Waals surface area (Å²) in [6.07, 6.45) is 0.363. The number of phenolic OH excluding ortho intramolecular Hbond substituents is 1. The molecule has 4 atom stereocenters. The molecule has 4 unspecified atom stereocenters. The molecule has 0 saturated carbocycles. The Morgan fingerprint density at radius 2 is 2.06 bits per heavy atom. The standard InChI is InChI=1S/C23H23FN4O6/c1-27-11-19(34-23(27)32)12-5-6-14(17(29)9-12)15-7-8-20(26-25-15)33-18-10-13-3-2-4-16(21(18)24)28(13)22(30)31/h5-9,11,13,16,18,21,29H,2-4,10H2,1H3,(H,30,31). The lowest BCUT2D eigenvalue weighted by Crippen LogP contribution is -2.62. The van der Waals surface area contributed by atoms with Gasteiger partial charge in [-0.15, -0.1) is 10.2 Å². The van der Waals surface area contributed by atoms with Crippen molar-refractivity contribution in [1.82, 2.24) is 19.7 Å². The van der Waals surface area contributed by atoms with Crippen LogP contribution in [0.5, 0.6) is 11.6 Å². The lowest BCUT2D eigenvalue weighted by Gasteiger charge is -2.48. The van der Waals surface area contributed by atoms with E-state index in [1.54, 1.807) is 25.2 Å². The second-order valence-electron chi connectivity index (χ2n) is 8.64. The van der Waals surface area contributed by atoms with E-state index < -0.39 is 30.2 Å². The molecule has 0 spiro atoms. The van der Waals surface area contributed by atoms with Crippen molar-refractivity contribution in [3.8, 4) is 34.2 Å². The van der Waals surface area contributed by atoms with Gasteiger partial charge < -0.3 is 19.4 Å². The van der Waals surface area contributed by atoms with Crippen LogP contribution in [0, 0.1) is 0 Å². The van der Waals surface area contributed by atoms with Crippen molar-refractivity contribution in [2.45, 2.75) is 50.0 Å². The summed E-state index contributed by atoms with van der Waals surface area (Å²) >= 11 is 0. The number of phenols is 1. The predicted octanol–water partition coefficient (Wildman–Crippen LogP) is 3.20. The Morgan fingerprint density at radius 1 is 1.24 bits per heavy atom. The molecule has 0 aliphatic carbocycles. The van der Waals surface area contributed by atoms with Crippen LogP contribution < -0.4 is 10.5 Å². The smallest absolute Gasteiger partial charge is 0.419 e. The first-order valence-electron chi connectivity index (χ1n) is 11.0. The monoisotopic (exact) mass is 470 g/mol. The SMILES string of the molecule is Cn1cc(-c2ccc(-c3ccc(OC4CC5CCCC(C4F)N5C(=O)O)nn3)c(O)c2)oc1=O. The van der Waals surface area contributed by atoms with Gasteiger partial charge in [-0.1, -0.05) is 6.07 Å². The maximum absolute atomic E-state index is 15.1. The number of oxazole rings is 1. The van der Waals surface area contributed by atoms with Gasteiger partial charge in [0.15, 0.2) is 11.9 Å². The highest BCUT2D eigenvalue weighted by atomic mass is 19.1. The van der Waals surface area contributed by atoms with Gasteiger partial charge in [0, 0.05) is 36.7 Å². The number of nitrogens with zero attached hydrogens (tertiary/aromatic N) is 4. The third-order valence-corrected chi connectivity index (χ3v) is 6.50. The Labute approximate surface area is 193 Å². The number of halogens is 1. The fourth-order valence-corrected chi connectivity index (χ4v) is 4.85. The molecule has 2 fully saturated rings. The molecule has 11 heteroatoms. The molecule has 1 amide bonds. The average Bonchev–Trinajstić information content (AvgIpc) is 3.16. The van der Waals surface area contributed by atoms with E-state index >= 15 is 4.39 Å². The summed E-state index contributed by atoms with van der Waals surface area (Å²) in [5.74, 6) is -0.137. The van der Waals surface area contributed by atoms with Gasteiger partial charge in [-0.25, -0.2) is 14.0 Å². The Bertz CT molecular complexity index is 1270. The van der Waals surface area contributed by atoms with Gasteiger partial charge >= 0.3 is 11.8 Å². The normalized spacial score (nSPS) is 24.1. The number of piperidine rings is 2. The zero-order valence-corrected chi connectivity index (χ0v) is 18.3. The Kier molecular flexibility index (Phi) is 5.46. The van der Waals surface area contributed by atoms with Crippen LogP contribution in [-0.4, -0.2) is 60.3 Å². The molecule has 2 N–H and O–H groups in total. The second kappa shape index (κ2) is 8.47. The molecule has 2 aliphatic rings. The van der Waals surface area contributed by atoms with Crippen molar-refractivity contribution >= 4 is 6.09 Å². The Hall–Kier alpha value is -3.89. The number of aryl methyl sites for hydroxylation is 1. The van der Waals surface area contributed by atoms with Crippen LogP contribution in [0.1, 0.15) is 25.7 Å². The molecule has 2 aromatic heterocycles. The largest absolute Gasteiger partial charge is 0.507 e. The minimum atomic E-state index is -1.45. The Balaban J connectivity index is 1.31. The number of hydrogen-bond acceptors (Lipinski definition) is 7. The fourth-order valence-electron chi connectivity index (χ4n) is 4.85. The molecule has 0 radical (unpaired) electrons. The van der Waals surface area contributed by atoms with E-state index in [4.69, 9.17) is 9.15 Å². The summed E-state index contributed by atoms with van der Waals surface area (Å²) in [5, 5.41) is 28.1. The van der Waals surface area contributed by atoms with Gasteiger partial charge in [0.1, 0.15) is 11.9 Å². The first kappa shape index (κ1) is 21.9. The van der Waals surface area contributed by atoms with E-state index in [0.717, 1.165) is 6.42 Å². The van der Waals surface area contributed by atoms with Crippen molar-refractivity contribution in [1.29, 1.82) is 0 Å². The van der Waals surface area contributed by atoms with E-state index in [1.807, 2.05) is 0 Å². The number of aromatic hydroxyl groups is 1. The maximum Gasteiger partial charge on any atom is 0.419 e. The highest BCUT2D eigenvalue weighted by molar-refractivity contribution is 5.72. The quantitative estimate of drug-likeness (QED) is 0.594. The van der Waals surface area contributed by atoms with Crippen molar-refractivity contribution in [2.75, 3.05) is 0 Å². The first-order valence-corrected chi connectivity index (χ1v) is 11.0. The number of benzene rings is 1. The van der Waals surface area contributed by atoms with Crippen molar-refractivity contribution in [3.05, 3.63) is 47.1 Å². The number of rotatable bonds is 4. The molecule has 2 bridgehead atoms. The van der Waals surface area contributed by atoms with Gasteiger partial charge in [0.05, 0.1) is 17.9 Å². The molecule has 10 nitrogen and oxygen atoms in total. The summed E-state index contributed by atoms with van der Waals surface area (Å²) < 4.78 is 27.3. The lowest BCUT2D eigenvalue weighted by molar-refractivity contribution is -0.0633. The van der Waals surface area contributed by atoms with Crippen molar-refractivity contribution < 1.29 is 28.6 Å². The zero-order chi connectivity index (χ0) is 24.0. The van der Waals surface area contributed by atoms with Crippen molar-refractivity contribution in [2.24, 2.45) is 7.05 Å². The van der Waals surface area contributed by atoms with Gasteiger partial charge in [-0.05, 0) is 37.5 Å². The summed E-state index contributed by atoms with van der Waals surface area (Å²) in [7, 11) is 1.57. The second-order valence-corrected chi connectivity index (χ2v) is 8.64. The predicted molar refractivity (Wildman–Crippen MR) is 117 cm³/mol. The zero-order valence-electron chi connectivity index (χ0n) is 18.3. The molecule has 34 heavy (non-hydrogen) atoms. The number of amides is 1. The van der Waals surface area contributed by atoms with Crippen LogP contribution in [0.2, 0.25) is 0 Å². The van der Waals surface area contributed by atoms with E-state index in [1.165, 1.54) is 27.8 Å². The third-order valence-electron chi connectivity index (χ3n) is 6.50. The minimum Gasteiger partial charge on any atom is -0.507 e. The number of alkyl halides is 1. The maximum atomic E-state index is 15.1. The molecular weight excluding hydrogens is 447 g/mol. The molecular formula is C23H23FN4O6. The van der Waals surface area contributed by atoms with E-state index in [2.05, 4.69) is 10.2 Å². The van der Waals surface area contributed by atoms with Crippen LogP contribution in [0.25, 0.3) is 22.6 Å². The first-order chi connectivity index (χ1) is 16.3. The molecule has 178 valence electrons. The molecule has 2 aliphatic heterocycles. The molecule has 4 heterocycles.